The average Bonchev–Trinajstić information content (AvgIpc) is 2.05. The summed E-state index contributed by atoms with van der Waals surface area (Å²) >= 11 is 0. The summed E-state index contributed by atoms with van der Waals surface area (Å²) < 4.78 is 0. The zero-order valence-corrected chi connectivity index (χ0v) is 5.41. The van der Waals surface area contributed by atoms with Gasteiger partial charge in [-0.25, -0.2) is 4.85 Å². The number of rotatable bonds is 1. The van der Waals surface area contributed by atoms with Crippen molar-refractivity contribution in [2.24, 2.45) is 0 Å². The van der Waals surface area contributed by atoms with E-state index in [1.54, 1.807) is 18.2 Å². The molecule has 1 rings (SSSR count). The minimum atomic E-state index is 0.561. The van der Waals surface area contributed by atoms with Crippen molar-refractivity contribution in [1.82, 2.24) is 4.98 Å². The van der Waals surface area contributed by atoms with Gasteiger partial charge in [0.05, 0.1) is 12.3 Å². The highest BCUT2D eigenvalue weighted by Crippen LogP contribution is 2.09. The quantitative estimate of drug-likeness (QED) is 0.533. The van der Waals surface area contributed by atoms with Crippen LogP contribution >= 0.6 is 0 Å². The van der Waals surface area contributed by atoms with Crippen molar-refractivity contribution >= 4 is 11.8 Å². The van der Waals surface area contributed by atoms with Gasteiger partial charge < -0.3 is 0 Å². The summed E-state index contributed by atoms with van der Waals surface area (Å²) in [6, 6.07) is 3.48. The van der Waals surface area contributed by atoms with Crippen molar-refractivity contribution in [1.29, 1.82) is 0 Å². The maximum atomic E-state index is 6.63. The Morgan fingerprint density at radius 2 is 2.40 bits per heavy atom. The first-order valence-electron chi connectivity index (χ1n) is 2.83. The summed E-state index contributed by atoms with van der Waals surface area (Å²) in [6.45, 7) is 10.2. The lowest BCUT2D eigenvalue weighted by Gasteiger charge is -1.89. The second kappa shape index (κ2) is 2.79. The third-order valence-corrected chi connectivity index (χ3v) is 1.11. The molecule has 0 amide bonds. The lowest BCUT2D eigenvalue weighted by molar-refractivity contribution is 1.31. The van der Waals surface area contributed by atoms with E-state index in [9.17, 15) is 0 Å². The summed E-state index contributed by atoms with van der Waals surface area (Å²) in [5, 5.41) is 0. The number of aromatic nitrogens is 1. The van der Waals surface area contributed by atoms with Gasteiger partial charge in [0.1, 0.15) is 0 Å². The maximum Gasteiger partial charge on any atom is 0.205 e. The van der Waals surface area contributed by atoms with Crippen LogP contribution in [0.25, 0.3) is 10.9 Å². The summed E-state index contributed by atoms with van der Waals surface area (Å²) in [5.41, 5.74) is 1.36. The smallest absolute Gasteiger partial charge is 0.205 e. The Kier molecular flexibility index (Phi) is 1.81. The molecule has 0 aliphatic rings. The summed E-state index contributed by atoms with van der Waals surface area (Å²) in [4.78, 5) is 7.14. The van der Waals surface area contributed by atoms with E-state index in [-0.39, 0.29) is 0 Å². The maximum absolute atomic E-state index is 6.63. The van der Waals surface area contributed by atoms with Crippen molar-refractivity contribution < 1.29 is 0 Å². The molecule has 1 aromatic heterocycles. The Morgan fingerprint density at radius 3 is 2.80 bits per heavy atom. The fraction of sp³-hybridized carbons (Fsp3) is 0. The average molecular weight is 130 g/mol. The number of nitrogens with zero attached hydrogens (tertiary/aromatic N) is 2. The van der Waals surface area contributed by atoms with Crippen LogP contribution in [0.1, 0.15) is 5.69 Å². The Balaban J connectivity index is 3.04. The fourth-order valence-electron chi connectivity index (χ4n) is 0.584. The van der Waals surface area contributed by atoms with E-state index in [0.717, 1.165) is 5.69 Å². The first kappa shape index (κ1) is 6.50. The highest BCUT2D eigenvalue weighted by molar-refractivity contribution is 5.48. The Labute approximate surface area is 59.7 Å². The van der Waals surface area contributed by atoms with Crippen LogP contribution in [0.15, 0.2) is 24.9 Å². The standard InChI is InChI=1S/C8H6N2/c1-3-7-4-5-8(9-2)6-10-7/h3-6H,1H2. The van der Waals surface area contributed by atoms with Crippen LogP contribution in [0, 0.1) is 6.57 Å². The van der Waals surface area contributed by atoms with Crippen LogP contribution in [0.3, 0.4) is 0 Å². The van der Waals surface area contributed by atoms with Gasteiger partial charge in [0.25, 0.3) is 0 Å². The summed E-state index contributed by atoms with van der Waals surface area (Å²) in [5.74, 6) is 0. The third kappa shape index (κ3) is 1.20. The van der Waals surface area contributed by atoms with Gasteiger partial charge in [0.2, 0.25) is 5.69 Å². The molecule has 1 heterocycles. The van der Waals surface area contributed by atoms with Crippen LogP contribution in [0.2, 0.25) is 0 Å². The Hall–Kier alpha value is -1.62. The predicted octanol–water partition coefficient (Wildman–Crippen LogP) is 2.28. The van der Waals surface area contributed by atoms with Gasteiger partial charge in [-0.3, -0.25) is 4.98 Å². The van der Waals surface area contributed by atoms with Crippen molar-refractivity contribution in [3.05, 3.63) is 42.0 Å². The zero-order valence-electron chi connectivity index (χ0n) is 5.41. The van der Waals surface area contributed by atoms with Gasteiger partial charge >= 0.3 is 0 Å². The van der Waals surface area contributed by atoms with Crippen LogP contribution in [-0.4, -0.2) is 4.98 Å². The fourth-order valence-corrected chi connectivity index (χ4v) is 0.584. The molecule has 48 valence electrons. The highest BCUT2D eigenvalue weighted by Gasteiger charge is 1.88. The van der Waals surface area contributed by atoms with E-state index in [0.29, 0.717) is 5.69 Å². The van der Waals surface area contributed by atoms with Gasteiger partial charge in [-0.1, -0.05) is 12.6 Å². The lowest BCUT2D eigenvalue weighted by Crippen LogP contribution is -1.75. The normalized spacial score (nSPS) is 8.30. The molecule has 0 bridgehead atoms. The number of pyridine rings is 1. The third-order valence-electron chi connectivity index (χ3n) is 1.11. The minimum absolute atomic E-state index is 0.561. The zero-order chi connectivity index (χ0) is 7.40. The molecular formula is C8H6N2. The molecule has 0 unspecified atom stereocenters. The van der Waals surface area contributed by atoms with E-state index in [1.807, 2.05) is 0 Å². The van der Waals surface area contributed by atoms with Gasteiger partial charge in [0, 0.05) is 6.20 Å². The molecule has 10 heavy (non-hydrogen) atoms. The molecule has 0 radical (unpaired) electrons. The molecule has 0 spiro atoms. The van der Waals surface area contributed by atoms with E-state index in [4.69, 9.17) is 6.57 Å². The van der Waals surface area contributed by atoms with E-state index < -0.39 is 0 Å². The largest absolute Gasteiger partial charge is 0.268 e. The Morgan fingerprint density at radius 1 is 1.60 bits per heavy atom. The predicted molar refractivity (Wildman–Crippen MR) is 40.6 cm³/mol. The number of hydrogen-bond acceptors (Lipinski definition) is 1. The Bertz CT molecular complexity index is 266. The molecule has 0 atom stereocenters. The van der Waals surface area contributed by atoms with Crippen molar-refractivity contribution in [2.75, 3.05) is 0 Å². The van der Waals surface area contributed by atoms with Crippen LogP contribution < -0.4 is 0 Å². The van der Waals surface area contributed by atoms with Gasteiger partial charge in [0.15, 0.2) is 0 Å². The monoisotopic (exact) mass is 130 g/mol. The molecule has 0 saturated heterocycles. The first-order chi connectivity index (χ1) is 4.86. The van der Waals surface area contributed by atoms with E-state index >= 15 is 0 Å². The molecule has 0 fully saturated rings. The van der Waals surface area contributed by atoms with Gasteiger partial charge in [-0.05, 0) is 12.1 Å². The van der Waals surface area contributed by atoms with Gasteiger partial charge in [-0.2, -0.15) is 0 Å². The molecular weight excluding hydrogens is 124 g/mol. The molecule has 0 aliphatic carbocycles. The molecule has 2 heteroatoms. The number of hydrogen-bond donors (Lipinski definition) is 0. The minimum Gasteiger partial charge on any atom is -0.268 e. The van der Waals surface area contributed by atoms with Crippen molar-refractivity contribution in [3.63, 3.8) is 0 Å². The molecule has 2 nitrogen and oxygen atoms in total. The van der Waals surface area contributed by atoms with E-state index in [1.165, 1.54) is 6.20 Å². The first-order valence-corrected chi connectivity index (χ1v) is 2.83. The van der Waals surface area contributed by atoms with Crippen LogP contribution in [0.5, 0.6) is 0 Å². The van der Waals surface area contributed by atoms with E-state index in [2.05, 4.69) is 16.4 Å². The van der Waals surface area contributed by atoms with Crippen LogP contribution in [-0.2, 0) is 0 Å². The topological polar surface area (TPSA) is 17.2 Å². The molecule has 0 N–H and O–H groups in total. The van der Waals surface area contributed by atoms with Crippen LogP contribution in [0.4, 0.5) is 5.69 Å². The molecule has 0 aromatic carbocycles. The molecule has 0 aliphatic heterocycles. The second-order valence-electron chi connectivity index (χ2n) is 1.76. The SMILES string of the molecule is [C-]#[N+]c1ccc(C=C)nc1. The van der Waals surface area contributed by atoms with Gasteiger partial charge in [-0.15, -0.1) is 0 Å². The lowest BCUT2D eigenvalue weighted by atomic mass is 10.3. The summed E-state index contributed by atoms with van der Waals surface area (Å²) in [6.07, 6.45) is 3.18. The highest BCUT2D eigenvalue weighted by atomic mass is 14.7. The molecule has 1 aromatic rings. The molecule has 0 saturated carbocycles. The summed E-state index contributed by atoms with van der Waals surface area (Å²) in [7, 11) is 0. The van der Waals surface area contributed by atoms with Crippen molar-refractivity contribution in [2.45, 2.75) is 0 Å². The second-order valence-corrected chi connectivity index (χ2v) is 1.76. The van der Waals surface area contributed by atoms with Crippen molar-refractivity contribution in [3.8, 4) is 0 Å².